The summed E-state index contributed by atoms with van der Waals surface area (Å²) in [5.41, 5.74) is 0.899. The smallest absolute Gasteiger partial charge is 0.338 e. The number of hydrogen-bond donors (Lipinski definition) is 1. The average Bonchev–Trinajstić information content (AvgIpc) is 2.52. The van der Waals surface area contributed by atoms with Crippen molar-refractivity contribution in [3.05, 3.63) is 41.0 Å². The summed E-state index contributed by atoms with van der Waals surface area (Å²) in [5.74, 6) is -2.15. The van der Waals surface area contributed by atoms with Gasteiger partial charge >= 0.3 is 5.97 Å². The Hall–Kier alpha value is -2.43. The molecule has 0 saturated heterocycles. The van der Waals surface area contributed by atoms with Crippen LogP contribution in [0.2, 0.25) is 0 Å². The van der Waals surface area contributed by atoms with Gasteiger partial charge in [0.2, 0.25) is 0 Å². The molecule has 0 spiro atoms. The zero-order valence-corrected chi connectivity index (χ0v) is 9.93. The topological polar surface area (TPSA) is 74.7 Å². The molecule has 0 unspecified atom stereocenters. The predicted molar refractivity (Wildman–Crippen MR) is 64.4 cm³/mol. The maximum atomic E-state index is 11.8. The van der Waals surface area contributed by atoms with Crippen molar-refractivity contribution in [2.24, 2.45) is 0 Å². The van der Waals surface area contributed by atoms with Crippen LogP contribution in [-0.2, 0) is 9.59 Å². The van der Waals surface area contributed by atoms with E-state index in [1.165, 1.54) is 19.1 Å². The number of carboxylic acids is 1. The third-order valence-corrected chi connectivity index (χ3v) is 2.81. The molecule has 18 heavy (non-hydrogen) atoms. The summed E-state index contributed by atoms with van der Waals surface area (Å²) in [6.07, 6.45) is 1.20. The van der Waals surface area contributed by atoms with Crippen molar-refractivity contribution in [2.75, 3.05) is 4.90 Å². The monoisotopic (exact) mass is 245 g/mol. The van der Waals surface area contributed by atoms with Gasteiger partial charge in [-0.2, -0.15) is 0 Å². The highest BCUT2D eigenvalue weighted by Crippen LogP contribution is 2.28. The number of carbonyl (C=O) groups excluding carboxylic acids is 2. The highest BCUT2D eigenvalue weighted by Gasteiger charge is 2.32. The van der Waals surface area contributed by atoms with Gasteiger partial charge in [0.05, 0.1) is 11.3 Å². The second-order valence-electron chi connectivity index (χ2n) is 4.08. The van der Waals surface area contributed by atoms with Crippen molar-refractivity contribution in [1.82, 2.24) is 0 Å². The lowest BCUT2D eigenvalue weighted by Crippen LogP contribution is -2.32. The zero-order valence-electron chi connectivity index (χ0n) is 9.93. The Morgan fingerprint density at radius 2 is 1.89 bits per heavy atom. The minimum absolute atomic E-state index is 0.0256. The van der Waals surface area contributed by atoms with Gasteiger partial charge < -0.3 is 5.11 Å². The van der Waals surface area contributed by atoms with Gasteiger partial charge in [0.15, 0.2) is 0 Å². The zero-order chi connectivity index (χ0) is 13.4. The number of carboxylic acid groups (broad SMARTS) is 1. The molecule has 0 fully saturated rings. The van der Waals surface area contributed by atoms with Crippen LogP contribution in [0.25, 0.3) is 0 Å². The first kappa shape index (κ1) is 12.0. The molecule has 1 aromatic carbocycles. The van der Waals surface area contributed by atoms with Crippen LogP contribution in [0, 0.1) is 6.92 Å². The van der Waals surface area contributed by atoms with Crippen LogP contribution >= 0.6 is 0 Å². The first-order valence-electron chi connectivity index (χ1n) is 5.33. The fraction of sp³-hybridized carbons (Fsp3) is 0.154. The van der Waals surface area contributed by atoms with Crippen LogP contribution in [0.5, 0.6) is 0 Å². The lowest BCUT2D eigenvalue weighted by Gasteiger charge is -2.18. The van der Waals surface area contributed by atoms with Gasteiger partial charge in [-0.3, -0.25) is 9.59 Å². The van der Waals surface area contributed by atoms with E-state index in [1.807, 2.05) is 0 Å². The Labute approximate surface area is 103 Å². The minimum Gasteiger partial charge on any atom is -0.478 e. The van der Waals surface area contributed by atoms with E-state index < -0.39 is 17.8 Å². The fourth-order valence-corrected chi connectivity index (χ4v) is 1.93. The number of hydrogen-bond acceptors (Lipinski definition) is 3. The van der Waals surface area contributed by atoms with Crippen molar-refractivity contribution in [2.45, 2.75) is 13.8 Å². The van der Waals surface area contributed by atoms with Crippen LogP contribution in [0.15, 0.2) is 29.8 Å². The van der Waals surface area contributed by atoms with Gasteiger partial charge in [0.1, 0.15) is 0 Å². The molecule has 92 valence electrons. The van der Waals surface area contributed by atoms with E-state index in [9.17, 15) is 19.5 Å². The first-order valence-corrected chi connectivity index (χ1v) is 5.33. The Bertz CT molecular complexity index is 601. The van der Waals surface area contributed by atoms with Crippen LogP contribution in [-0.4, -0.2) is 22.9 Å². The molecule has 1 aliphatic rings. The van der Waals surface area contributed by atoms with Crippen molar-refractivity contribution >= 4 is 23.5 Å². The molecule has 1 N–H and O–H groups in total. The summed E-state index contributed by atoms with van der Waals surface area (Å²) < 4.78 is 0. The van der Waals surface area contributed by atoms with E-state index in [0.29, 0.717) is 11.1 Å². The van der Waals surface area contributed by atoms with Crippen LogP contribution in [0.4, 0.5) is 5.69 Å². The van der Waals surface area contributed by atoms with Crippen LogP contribution < -0.4 is 4.90 Å². The Kier molecular flexibility index (Phi) is 2.74. The molecule has 1 aliphatic heterocycles. The molecule has 0 radical (unpaired) electrons. The quantitative estimate of drug-likeness (QED) is 0.801. The molecule has 5 nitrogen and oxygen atoms in total. The standard InChI is InChI=1S/C13H11NO4/c1-7-4-3-5-9(11(7)13(17)18)14-10(15)6-8(2)12(14)16/h3-6H,1-2H3,(H,17,18). The van der Waals surface area contributed by atoms with E-state index >= 15 is 0 Å². The summed E-state index contributed by atoms with van der Waals surface area (Å²) in [5, 5.41) is 9.18. The normalized spacial score (nSPS) is 15.0. The second kappa shape index (κ2) is 4.10. The van der Waals surface area contributed by atoms with Crippen molar-refractivity contribution in [3.8, 4) is 0 Å². The number of amides is 2. The average molecular weight is 245 g/mol. The molecule has 0 bridgehead atoms. The van der Waals surface area contributed by atoms with Crippen molar-refractivity contribution in [1.29, 1.82) is 0 Å². The maximum absolute atomic E-state index is 11.8. The molecular formula is C13H11NO4. The number of imide groups is 1. The first-order chi connectivity index (χ1) is 8.43. The van der Waals surface area contributed by atoms with Gasteiger partial charge in [0.25, 0.3) is 11.8 Å². The number of rotatable bonds is 2. The summed E-state index contributed by atoms with van der Waals surface area (Å²) in [6, 6.07) is 4.70. The SMILES string of the molecule is CC1=CC(=O)N(c2cccc(C)c2C(=O)O)C1=O. The number of carbonyl (C=O) groups is 3. The van der Waals surface area contributed by atoms with E-state index in [0.717, 1.165) is 4.90 Å². The molecule has 1 aromatic rings. The summed E-state index contributed by atoms with van der Waals surface area (Å²) in [7, 11) is 0. The third-order valence-electron chi connectivity index (χ3n) is 2.81. The molecule has 1 heterocycles. The van der Waals surface area contributed by atoms with Crippen molar-refractivity contribution < 1.29 is 19.5 Å². The molecule has 2 amide bonds. The van der Waals surface area contributed by atoms with Gasteiger partial charge in [-0.15, -0.1) is 0 Å². The lowest BCUT2D eigenvalue weighted by molar-refractivity contribution is -0.120. The highest BCUT2D eigenvalue weighted by atomic mass is 16.4. The minimum atomic E-state index is -1.16. The summed E-state index contributed by atoms with van der Waals surface area (Å²) >= 11 is 0. The fourth-order valence-electron chi connectivity index (χ4n) is 1.93. The Morgan fingerprint density at radius 3 is 2.39 bits per heavy atom. The van der Waals surface area contributed by atoms with E-state index in [2.05, 4.69) is 0 Å². The number of aromatic carboxylic acids is 1. The van der Waals surface area contributed by atoms with Gasteiger partial charge in [-0.25, -0.2) is 9.69 Å². The molecule has 0 aromatic heterocycles. The molecule has 2 rings (SSSR count). The van der Waals surface area contributed by atoms with Crippen molar-refractivity contribution in [3.63, 3.8) is 0 Å². The Balaban J connectivity index is 2.60. The van der Waals surface area contributed by atoms with Gasteiger partial charge in [0, 0.05) is 11.6 Å². The van der Waals surface area contributed by atoms with Gasteiger partial charge in [-0.05, 0) is 25.5 Å². The largest absolute Gasteiger partial charge is 0.478 e. The van der Waals surface area contributed by atoms with E-state index in [-0.39, 0.29) is 11.3 Å². The maximum Gasteiger partial charge on any atom is 0.338 e. The third kappa shape index (κ3) is 1.69. The molecule has 5 heteroatoms. The van der Waals surface area contributed by atoms with Gasteiger partial charge in [-0.1, -0.05) is 12.1 Å². The second-order valence-corrected chi connectivity index (χ2v) is 4.08. The highest BCUT2D eigenvalue weighted by molar-refractivity contribution is 6.31. The molecule has 0 saturated carbocycles. The predicted octanol–water partition coefficient (Wildman–Crippen LogP) is 1.51. The number of nitrogens with zero attached hydrogens (tertiary/aromatic N) is 1. The lowest BCUT2D eigenvalue weighted by atomic mass is 10.1. The molecule has 0 atom stereocenters. The van der Waals surface area contributed by atoms with Crippen LogP contribution in [0.1, 0.15) is 22.8 Å². The Morgan fingerprint density at radius 1 is 1.22 bits per heavy atom. The van der Waals surface area contributed by atoms with E-state index in [1.54, 1.807) is 19.1 Å². The number of aryl methyl sites for hydroxylation is 1. The number of benzene rings is 1. The molecular weight excluding hydrogens is 234 g/mol. The van der Waals surface area contributed by atoms with Crippen LogP contribution in [0.3, 0.4) is 0 Å². The van der Waals surface area contributed by atoms with E-state index in [4.69, 9.17) is 0 Å². The molecule has 0 aliphatic carbocycles. The summed E-state index contributed by atoms with van der Waals surface area (Å²) in [6.45, 7) is 3.15. The summed E-state index contributed by atoms with van der Waals surface area (Å²) in [4.78, 5) is 35.7. The number of anilines is 1.